The number of ether oxygens (including phenoxy) is 1. The van der Waals surface area contributed by atoms with Gasteiger partial charge in [0.05, 0.1) is 10.8 Å². The van der Waals surface area contributed by atoms with Crippen molar-refractivity contribution >= 4 is 39.2 Å². The van der Waals surface area contributed by atoms with Crippen molar-refractivity contribution in [3.05, 3.63) is 58.1 Å². The number of esters is 1. The van der Waals surface area contributed by atoms with Crippen molar-refractivity contribution in [3.63, 3.8) is 0 Å². The van der Waals surface area contributed by atoms with Crippen molar-refractivity contribution in [2.24, 2.45) is 5.92 Å². The second kappa shape index (κ2) is 10.2. The molecule has 0 aromatic heterocycles. The van der Waals surface area contributed by atoms with Gasteiger partial charge in [0.2, 0.25) is 10.0 Å². The lowest BCUT2D eigenvalue weighted by Gasteiger charge is -2.30. The zero-order valence-corrected chi connectivity index (χ0v) is 20.8. The molecule has 2 aromatic carbocycles. The van der Waals surface area contributed by atoms with E-state index in [4.69, 9.17) is 16.3 Å². The molecule has 0 spiro atoms. The summed E-state index contributed by atoms with van der Waals surface area (Å²) >= 11 is 5.84. The predicted molar refractivity (Wildman–Crippen MR) is 128 cm³/mol. The summed E-state index contributed by atoms with van der Waals surface area (Å²) in [6, 6.07) is 9.96. The second-order valence-electron chi connectivity index (χ2n) is 8.47. The van der Waals surface area contributed by atoms with Crippen LogP contribution >= 0.6 is 11.6 Å². The summed E-state index contributed by atoms with van der Waals surface area (Å²) in [6.07, 6.45) is -0.305. The van der Waals surface area contributed by atoms with Gasteiger partial charge in [-0.15, -0.1) is 0 Å². The Morgan fingerprint density at radius 2 is 1.61 bits per heavy atom. The molecule has 0 bridgehead atoms. The topological polar surface area (TPSA) is 92.8 Å². The Bertz CT molecular complexity index is 1120. The van der Waals surface area contributed by atoms with E-state index < -0.39 is 33.9 Å². The van der Waals surface area contributed by atoms with E-state index in [9.17, 15) is 18.0 Å². The smallest absolute Gasteiger partial charge is 0.309 e. The van der Waals surface area contributed by atoms with Gasteiger partial charge < -0.3 is 10.1 Å². The zero-order valence-electron chi connectivity index (χ0n) is 19.2. The maximum absolute atomic E-state index is 12.8. The van der Waals surface area contributed by atoms with Crippen molar-refractivity contribution in [3.8, 4) is 0 Å². The SMILES string of the molecule is Cc1cc(C)c(NC(=O)C(C)OC(=O)C2CCN(S(=O)(=O)c3ccc(Cl)cc3)CC2)c(C)c1. The van der Waals surface area contributed by atoms with E-state index in [0.717, 1.165) is 16.7 Å². The molecule has 1 saturated heterocycles. The predicted octanol–water partition coefficient (Wildman–Crippen LogP) is 4.24. The van der Waals surface area contributed by atoms with Gasteiger partial charge in [-0.25, -0.2) is 8.42 Å². The molecule has 1 atom stereocenters. The van der Waals surface area contributed by atoms with Crippen molar-refractivity contribution < 1.29 is 22.7 Å². The van der Waals surface area contributed by atoms with E-state index in [1.807, 2.05) is 32.9 Å². The largest absolute Gasteiger partial charge is 0.452 e. The van der Waals surface area contributed by atoms with Gasteiger partial charge in [-0.1, -0.05) is 29.3 Å². The molecule has 1 unspecified atom stereocenters. The number of piperidine rings is 1. The van der Waals surface area contributed by atoms with Crippen molar-refractivity contribution in [1.29, 1.82) is 0 Å². The van der Waals surface area contributed by atoms with Gasteiger partial charge in [0.1, 0.15) is 0 Å². The van der Waals surface area contributed by atoms with Gasteiger partial charge in [0.25, 0.3) is 5.91 Å². The Kier molecular flexibility index (Phi) is 7.82. The van der Waals surface area contributed by atoms with E-state index in [-0.39, 0.29) is 18.0 Å². The number of nitrogens with zero attached hydrogens (tertiary/aromatic N) is 1. The molecular formula is C24H29ClN2O5S. The molecule has 1 N–H and O–H groups in total. The number of halogens is 1. The number of rotatable bonds is 6. The summed E-state index contributed by atoms with van der Waals surface area (Å²) in [7, 11) is -3.65. The number of anilines is 1. The number of benzene rings is 2. The number of hydrogen-bond donors (Lipinski definition) is 1. The summed E-state index contributed by atoms with van der Waals surface area (Å²) < 4.78 is 32.4. The lowest BCUT2D eigenvalue weighted by molar-refractivity contribution is -0.158. The van der Waals surface area contributed by atoms with E-state index in [0.29, 0.717) is 23.6 Å². The van der Waals surface area contributed by atoms with Gasteiger partial charge in [0.15, 0.2) is 6.10 Å². The van der Waals surface area contributed by atoms with Crippen molar-refractivity contribution in [2.45, 2.75) is 51.5 Å². The van der Waals surface area contributed by atoms with E-state index in [1.165, 1.54) is 35.5 Å². The van der Waals surface area contributed by atoms with E-state index in [2.05, 4.69) is 5.32 Å². The van der Waals surface area contributed by atoms with Crippen LogP contribution in [-0.4, -0.2) is 43.8 Å². The molecule has 178 valence electrons. The Balaban J connectivity index is 1.55. The fourth-order valence-corrected chi connectivity index (χ4v) is 5.61. The fourth-order valence-electron chi connectivity index (χ4n) is 4.01. The second-order valence-corrected chi connectivity index (χ2v) is 10.8. The molecule has 9 heteroatoms. The van der Waals surface area contributed by atoms with Crippen LogP contribution in [0.4, 0.5) is 5.69 Å². The molecule has 3 rings (SSSR count). The van der Waals surface area contributed by atoms with Gasteiger partial charge in [-0.05, 0) is 75.9 Å². The average molecular weight is 493 g/mol. The third kappa shape index (κ3) is 5.93. The number of sulfonamides is 1. The van der Waals surface area contributed by atoms with Crippen LogP contribution in [0.15, 0.2) is 41.3 Å². The van der Waals surface area contributed by atoms with Crippen LogP contribution in [0.5, 0.6) is 0 Å². The molecule has 1 amide bonds. The first kappa shape index (κ1) is 25.2. The molecule has 7 nitrogen and oxygen atoms in total. The number of aryl methyl sites for hydroxylation is 3. The molecule has 1 aliphatic rings. The van der Waals surface area contributed by atoms with Crippen molar-refractivity contribution in [1.82, 2.24) is 4.31 Å². The Morgan fingerprint density at radius 3 is 2.15 bits per heavy atom. The number of amides is 1. The molecule has 1 fully saturated rings. The van der Waals surface area contributed by atoms with Gasteiger partial charge >= 0.3 is 5.97 Å². The maximum atomic E-state index is 12.8. The minimum atomic E-state index is -3.65. The minimum absolute atomic E-state index is 0.167. The highest BCUT2D eigenvalue weighted by molar-refractivity contribution is 7.89. The minimum Gasteiger partial charge on any atom is -0.452 e. The molecular weight excluding hydrogens is 464 g/mol. The highest BCUT2D eigenvalue weighted by atomic mass is 35.5. The maximum Gasteiger partial charge on any atom is 0.309 e. The Hall–Kier alpha value is -2.42. The van der Waals surface area contributed by atoms with Crippen LogP contribution in [-0.2, 0) is 24.3 Å². The van der Waals surface area contributed by atoms with E-state index >= 15 is 0 Å². The zero-order chi connectivity index (χ0) is 24.3. The highest BCUT2D eigenvalue weighted by Crippen LogP contribution is 2.26. The normalized spacial score (nSPS) is 16.3. The third-order valence-electron chi connectivity index (χ3n) is 5.83. The molecule has 1 heterocycles. The first-order chi connectivity index (χ1) is 15.5. The van der Waals surface area contributed by atoms with Crippen molar-refractivity contribution in [2.75, 3.05) is 18.4 Å². The van der Waals surface area contributed by atoms with Gasteiger partial charge in [0, 0.05) is 23.8 Å². The quantitative estimate of drug-likeness (QED) is 0.609. The Morgan fingerprint density at radius 1 is 1.06 bits per heavy atom. The number of nitrogens with one attached hydrogen (secondary N) is 1. The lowest BCUT2D eigenvalue weighted by atomic mass is 9.98. The van der Waals surface area contributed by atoms with Gasteiger partial charge in [-0.2, -0.15) is 4.31 Å². The number of carbonyl (C=O) groups excluding carboxylic acids is 2. The average Bonchev–Trinajstić information content (AvgIpc) is 2.76. The lowest BCUT2D eigenvalue weighted by Crippen LogP contribution is -2.41. The van der Waals surface area contributed by atoms with Crippen LogP contribution in [0.1, 0.15) is 36.5 Å². The van der Waals surface area contributed by atoms with Gasteiger partial charge in [-0.3, -0.25) is 9.59 Å². The first-order valence-corrected chi connectivity index (χ1v) is 12.7. The van der Waals surface area contributed by atoms with Crippen LogP contribution in [0.2, 0.25) is 5.02 Å². The molecule has 0 radical (unpaired) electrons. The molecule has 1 aliphatic heterocycles. The highest BCUT2D eigenvalue weighted by Gasteiger charge is 2.34. The monoisotopic (exact) mass is 492 g/mol. The summed E-state index contributed by atoms with van der Waals surface area (Å²) in [5, 5.41) is 3.31. The summed E-state index contributed by atoms with van der Waals surface area (Å²) in [4.78, 5) is 25.4. The number of hydrogen-bond acceptors (Lipinski definition) is 5. The summed E-state index contributed by atoms with van der Waals surface area (Å²) in [5.74, 6) is -1.35. The third-order valence-corrected chi connectivity index (χ3v) is 7.99. The molecule has 0 saturated carbocycles. The fraction of sp³-hybridized carbons (Fsp3) is 0.417. The Labute approximate surface area is 200 Å². The van der Waals surface area contributed by atoms with Crippen LogP contribution < -0.4 is 5.32 Å². The summed E-state index contributed by atoms with van der Waals surface area (Å²) in [6.45, 7) is 7.75. The first-order valence-electron chi connectivity index (χ1n) is 10.8. The molecule has 0 aliphatic carbocycles. The summed E-state index contributed by atoms with van der Waals surface area (Å²) in [5.41, 5.74) is 3.70. The van der Waals surface area contributed by atoms with Crippen LogP contribution in [0.3, 0.4) is 0 Å². The molecule has 33 heavy (non-hydrogen) atoms. The van der Waals surface area contributed by atoms with Crippen LogP contribution in [0.25, 0.3) is 0 Å². The number of carbonyl (C=O) groups is 2. The standard InChI is InChI=1S/C24H29ClN2O5S/c1-15-13-16(2)22(17(3)14-15)26-23(28)18(4)32-24(29)19-9-11-27(12-10-19)33(30,31)21-7-5-20(25)6-8-21/h5-8,13-14,18-19H,9-12H2,1-4H3,(H,26,28). The van der Waals surface area contributed by atoms with Crippen LogP contribution in [0, 0.1) is 26.7 Å². The van der Waals surface area contributed by atoms with E-state index in [1.54, 1.807) is 0 Å². The molecule has 2 aromatic rings.